The molecule has 1 nitrogen and oxygen atoms in total. The molecule has 0 aliphatic heterocycles. The van der Waals surface area contributed by atoms with Crippen molar-refractivity contribution in [3.05, 3.63) is 82.3 Å². The van der Waals surface area contributed by atoms with Crippen LogP contribution in [0.4, 0.5) is 0 Å². The molecule has 1 aliphatic carbocycles. The first-order chi connectivity index (χ1) is 12.0. The van der Waals surface area contributed by atoms with Gasteiger partial charge in [-0.3, -0.25) is 0 Å². The third-order valence-corrected chi connectivity index (χ3v) is 5.10. The summed E-state index contributed by atoms with van der Waals surface area (Å²) in [5, 5.41) is 0. The fraction of sp³-hybridized carbons (Fsp3) is 0.250. The second-order valence-electron chi connectivity index (χ2n) is 7.33. The van der Waals surface area contributed by atoms with Crippen molar-refractivity contribution in [2.45, 2.75) is 40.0 Å². The van der Waals surface area contributed by atoms with Crippen molar-refractivity contribution < 1.29 is 4.42 Å². The highest BCUT2D eigenvalue weighted by molar-refractivity contribution is 5.94. The summed E-state index contributed by atoms with van der Waals surface area (Å²) in [5.74, 6) is 2.45. The molecule has 126 valence electrons. The van der Waals surface area contributed by atoms with E-state index in [0.717, 1.165) is 17.9 Å². The van der Waals surface area contributed by atoms with Crippen LogP contribution in [0.5, 0.6) is 0 Å². The summed E-state index contributed by atoms with van der Waals surface area (Å²) in [6.45, 7) is 8.83. The zero-order valence-corrected chi connectivity index (χ0v) is 15.4. The summed E-state index contributed by atoms with van der Waals surface area (Å²) in [6, 6.07) is 17.3. The summed E-state index contributed by atoms with van der Waals surface area (Å²) < 4.78 is 5.88. The molecule has 0 saturated heterocycles. The molecule has 0 radical (unpaired) electrons. The van der Waals surface area contributed by atoms with Crippen LogP contribution in [0.1, 0.15) is 53.5 Å². The highest BCUT2D eigenvalue weighted by atomic mass is 16.3. The van der Waals surface area contributed by atoms with E-state index in [2.05, 4.69) is 69.3 Å². The predicted molar refractivity (Wildman–Crippen MR) is 106 cm³/mol. The molecule has 1 heteroatoms. The van der Waals surface area contributed by atoms with Gasteiger partial charge in [-0.15, -0.1) is 0 Å². The molecular formula is C24H24O. The minimum Gasteiger partial charge on any atom is -0.462 e. The van der Waals surface area contributed by atoms with E-state index in [9.17, 15) is 0 Å². The van der Waals surface area contributed by atoms with Gasteiger partial charge in [0, 0.05) is 6.42 Å². The highest BCUT2D eigenvalue weighted by Gasteiger charge is 2.24. The minimum atomic E-state index is 0.490. The lowest BCUT2D eigenvalue weighted by molar-refractivity contribution is 0.521. The summed E-state index contributed by atoms with van der Waals surface area (Å²) in [5.41, 5.74) is 9.59. The zero-order chi connectivity index (χ0) is 17.6. The largest absolute Gasteiger partial charge is 0.462 e. The molecule has 0 amide bonds. The van der Waals surface area contributed by atoms with Crippen molar-refractivity contribution in [2.75, 3.05) is 0 Å². The molecule has 4 rings (SSSR count). The number of furan rings is 1. The van der Waals surface area contributed by atoms with Crippen LogP contribution >= 0.6 is 0 Å². The number of benzene rings is 2. The van der Waals surface area contributed by atoms with E-state index < -0.39 is 0 Å². The van der Waals surface area contributed by atoms with Crippen LogP contribution in [0.2, 0.25) is 0 Å². The van der Waals surface area contributed by atoms with Crippen LogP contribution in [0.25, 0.3) is 22.8 Å². The Morgan fingerprint density at radius 1 is 0.960 bits per heavy atom. The molecule has 0 atom stereocenters. The highest BCUT2D eigenvalue weighted by Crippen LogP contribution is 2.43. The van der Waals surface area contributed by atoms with Gasteiger partial charge < -0.3 is 4.42 Å². The fourth-order valence-corrected chi connectivity index (χ4v) is 4.09. The Bertz CT molecular complexity index is 955. The van der Waals surface area contributed by atoms with E-state index in [1.165, 1.54) is 39.0 Å². The topological polar surface area (TPSA) is 13.1 Å². The van der Waals surface area contributed by atoms with Gasteiger partial charge in [0.1, 0.15) is 11.5 Å². The van der Waals surface area contributed by atoms with Gasteiger partial charge >= 0.3 is 0 Å². The van der Waals surface area contributed by atoms with E-state index >= 15 is 0 Å². The zero-order valence-electron chi connectivity index (χ0n) is 15.4. The number of fused-ring (bicyclic) bond motifs is 1. The van der Waals surface area contributed by atoms with E-state index in [4.69, 9.17) is 4.42 Å². The van der Waals surface area contributed by atoms with Gasteiger partial charge in [-0.1, -0.05) is 50.2 Å². The van der Waals surface area contributed by atoms with Gasteiger partial charge in [-0.25, -0.2) is 0 Å². The SMILES string of the molecule is Cc1ccc(C2=Cc3c(cc(C)c(C(C)C)c3-c3ccccc3)C2)o1. The number of hydrogen-bond donors (Lipinski definition) is 0. The van der Waals surface area contributed by atoms with Crippen LogP contribution in [-0.4, -0.2) is 0 Å². The first-order valence-electron chi connectivity index (χ1n) is 9.03. The van der Waals surface area contributed by atoms with E-state index in [1.54, 1.807) is 0 Å². The van der Waals surface area contributed by atoms with E-state index in [1.807, 2.05) is 13.0 Å². The standard InChI is InChI=1S/C24H24O/c1-15(2)23-16(3)12-19-13-20(22-11-10-17(4)25-22)14-21(19)24(23)18-8-6-5-7-9-18/h5-12,14-15H,13H2,1-4H3. The predicted octanol–water partition coefficient (Wildman–Crippen LogP) is 6.78. The maximum absolute atomic E-state index is 5.88. The average molecular weight is 328 g/mol. The average Bonchev–Trinajstić information content (AvgIpc) is 3.20. The Morgan fingerprint density at radius 2 is 1.72 bits per heavy atom. The Kier molecular flexibility index (Phi) is 3.88. The number of hydrogen-bond acceptors (Lipinski definition) is 1. The lowest BCUT2D eigenvalue weighted by Crippen LogP contribution is -2.01. The maximum atomic E-state index is 5.88. The van der Waals surface area contributed by atoms with Crippen LogP contribution in [0.3, 0.4) is 0 Å². The summed E-state index contributed by atoms with van der Waals surface area (Å²) in [6.07, 6.45) is 3.28. The smallest absolute Gasteiger partial charge is 0.130 e. The molecule has 1 aliphatic rings. The molecule has 0 spiro atoms. The Labute approximate surface area is 150 Å². The van der Waals surface area contributed by atoms with E-state index in [-0.39, 0.29) is 0 Å². The molecule has 2 aromatic carbocycles. The van der Waals surface area contributed by atoms with Gasteiger partial charge in [-0.2, -0.15) is 0 Å². The molecule has 0 fully saturated rings. The molecule has 0 N–H and O–H groups in total. The molecule has 3 aromatic rings. The van der Waals surface area contributed by atoms with Gasteiger partial charge in [0.15, 0.2) is 0 Å². The first-order valence-corrected chi connectivity index (χ1v) is 9.03. The fourth-order valence-electron chi connectivity index (χ4n) is 4.09. The van der Waals surface area contributed by atoms with Crippen molar-refractivity contribution in [3.8, 4) is 11.1 Å². The van der Waals surface area contributed by atoms with Crippen LogP contribution < -0.4 is 0 Å². The van der Waals surface area contributed by atoms with Crippen molar-refractivity contribution in [1.29, 1.82) is 0 Å². The third kappa shape index (κ3) is 2.74. The van der Waals surface area contributed by atoms with Gasteiger partial charge in [0.05, 0.1) is 0 Å². The third-order valence-electron chi connectivity index (χ3n) is 5.10. The van der Waals surface area contributed by atoms with E-state index in [0.29, 0.717) is 5.92 Å². The van der Waals surface area contributed by atoms with Crippen LogP contribution in [-0.2, 0) is 6.42 Å². The summed E-state index contributed by atoms with van der Waals surface area (Å²) >= 11 is 0. The first kappa shape index (κ1) is 16.0. The Hall–Kier alpha value is -2.54. The van der Waals surface area contributed by atoms with Gasteiger partial charge in [0.2, 0.25) is 0 Å². The molecule has 0 bridgehead atoms. The Morgan fingerprint density at radius 3 is 2.36 bits per heavy atom. The van der Waals surface area contributed by atoms with Crippen LogP contribution in [0.15, 0.2) is 52.9 Å². The normalized spacial score (nSPS) is 13.2. The monoisotopic (exact) mass is 328 g/mol. The summed E-state index contributed by atoms with van der Waals surface area (Å²) in [7, 11) is 0. The van der Waals surface area contributed by atoms with Gasteiger partial charge in [-0.05, 0) is 76.9 Å². The number of aryl methyl sites for hydroxylation is 2. The lowest BCUT2D eigenvalue weighted by Gasteiger charge is -2.20. The van der Waals surface area contributed by atoms with Crippen LogP contribution in [0, 0.1) is 13.8 Å². The second-order valence-corrected chi connectivity index (χ2v) is 7.33. The molecule has 0 saturated carbocycles. The second kappa shape index (κ2) is 6.07. The molecule has 0 unspecified atom stereocenters. The lowest BCUT2D eigenvalue weighted by atomic mass is 9.84. The van der Waals surface area contributed by atoms with Crippen molar-refractivity contribution in [1.82, 2.24) is 0 Å². The van der Waals surface area contributed by atoms with Crippen molar-refractivity contribution in [2.24, 2.45) is 0 Å². The molecule has 25 heavy (non-hydrogen) atoms. The molecule has 1 aromatic heterocycles. The summed E-state index contributed by atoms with van der Waals surface area (Å²) in [4.78, 5) is 0. The van der Waals surface area contributed by atoms with Crippen molar-refractivity contribution in [3.63, 3.8) is 0 Å². The Balaban J connectivity index is 1.95. The van der Waals surface area contributed by atoms with Crippen molar-refractivity contribution >= 4 is 11.6 Å². The molecular weight excluding hydrogens is 304 g/mol. The molecule has 1 heterocycles. The maximum Gasteiger partial charge on any atom is 0.130 e. The number of rotatable bonds is 3. The quantitative estimate of drug-likeness (QED) is 0.516. The number of allylic oxidation sites excluding steroid dienone is 1. The minimum absolute atomic E-state index is 0.490. The van der Waals surface area contributed by atoms with Gasteiger partial charge in [0.25, 0.3) is 0 Å².